The normalized spacial score (nSPS) is 11.1. The van der Waals surface area contributed by atoms with Crippen LogP contribution >= 0.6 is 0 Å². The quantitative estimate of drug-likeness (QED) is 0.0914. The standard InChI is InChI=1S/C36H26N3O2.C6H4N.2Pt/c1-25-26(2)34(23-36(27(25)3)41-33-15-9-11-30(22-33)39-19-18-38(4)24-39)35-21-29(16-17-37-35)28-10-8-14-32(20-28)40-31-12-6-5-7-13-31;1-2-7-5-3-4-6-7;;/h5-12,14-15,17-19,21H,1-4H3;3-6H;;/q-3;-1;+2;+4. The first-order chi connectivity index (χ1) is 23.4. The molecular weight excluding hydrogens is 983 g/mol. The molecule has 0 N–H and O–H groups in total. The Morgan fingerprint density at radius 2 is 1.52 bits per heavy atom. The second-order valence-electron chi connectivity index (χ2n) is 10.9. The summed E-state index contributed by atoms with van der Waals surface area (Å²) in [5.74, 6) is 2.47. The Balaban J connectivity index is 0.000000559. The van der Waals surface area contributed by atoms with Gasteiger partial charge >= 0.3 is 48.1 Å². The molecular formula is C42H30N4O2Pt2+2. The van der Waals surface area contributed by atoms with Crippen molar-refractivity contribution in [2.75, 3.05) is 7.05 Å². The predicted octanol–water partition coefficient (Wildman–Crippen LogP) is 8.75. The van der Waals surface area contributed by atoms with E-state index >= 15 is 0 Å². The number of hydrogen-bond donors (Lipinski definition) is 0. The first-order valence-corrected chi connectivity index (χ1v) is 15.2. The molecule has 50 heavy (non-hydrogen) atoms. The number of nitrogens with zero attached hydrogens (tertiary/aromatic N) is 4. The maximum atomic E-state index is 6.57. The molecule has 0 saturated heterocycles. The molecule has 0 amide bonds. The summed E-state index contributed by atoms with van der Waals surface area (Å²) in [6.45, 7) is 6.22. The van der Waals surface area contributed by atoms with E-state index < -0.39 is 0 Å². The molecule has 0 spiro atoms. The van der Waals surface area contributed by atoms with E-state index in [9.17, 15) is 0 Å². The van der Waals surface area contributed by atoms with Gasteiger partial charge in [0.05, 0.1) is 0 Å². The fourth-order valence-corrected chi connectivity index (χ4v) is 4.89. The van der Waals surface area contributed by atoms with E-state index in [2.05, 4.69) is 61.2 Å². The van der Waals surface area contributed by atoms with Crippen molar-refractivity contribution in [1.82, 2.24) is 9.55 Å². The van der Waals surface area contributed by atoms with Crippen LogP contribution in [0, 0.1) is 63.6 Å². The van der Waals surface area contributed by atoms with Crippen LogP contribution in [-0.4, -0.2) is 31.8 Å². The van der Waals surface area contributed by atoms with Gasteiger partial charge in [0.1, 0.15) is 5.69 Å². The minimum atomic E-state index is 0. The smallest absolute Gasteiger partial charge is 0.669 e. The van der Waals surface area contributed by atoms with E-state index in [1.54, 1.807) is 23.2 Å². The molecule has 1 aliphatic rings. The fourth-order valence-electron chi connectivity index (χ4n) is 4.89. The van der Waals surface area contributed by atoms with Crippen molar-refractivity contribution in [3.8, 4) is 51.4 Å². The van der Waals surface area contributed by atoms with E-state index in [-0.39, 0.29) is 42.1 Å². The molecule has 0 atom stereocenters. The van der Waals surface area contributed by atoms with Gasteiger partial charge in [-0.2, -0.15) is 36.4 Å². The van der Waals surface area contributed by atoms with Crippen LogP contribution in [0.3, 0.4) is 0 Å². The molecule has 0 saturated carbocycles. The Labute approximate surface area is 322 Å². The molecule has 0 unspecified atom stereocenters. The Bertz CT molecular complexity index is 2230. The van der Waals surface area contributed by atoms with Crippen LogP contribution in [0.5, 0.6) is 23.0 Å². The van der Waals surface area contributed by atoms with Crippen molar-refractivity contribution in [3.05, 3.63) is 163 Å². The van der Waals surface area contributed by atoms with Gasteiger partial charge in [0.2, 0.25) is 6.20 Å². The third-order valence-electron chi connectivity index (χ3n) is 7.66. The summed E-state index contributed by atoms with van der Waals surface area (Å²) in [5, 5.41) is 0. The van der Waals surface area contributed by atoms with E-state index in [0.29, 0.717) is 23.0 Å². The minimum absolute atomic E-state index is 0. The maximum Gasteiger partial charge on any atom is 4.00 e. The van der Waals surface area contributed by atoms with Gasteiger partial charge in [-0.3, -0.25) is 11.1 Å². The average molecular weight is 1010 g/mol. The number of aromatic nitrogens is 2. The molecule has 7 rings (SSSR count). The topological polar surface area (TPSA) is 42.3 Å². The average Bonchev–Trinajstić information content (AvgIpc) is 3.82. The maximum absolute atomic E-state index is 6.57. The fraction of sp³-hybridized carbons (Fsp3) is 0.0952. The van der Waals surface area contributed by atoms with Crippen molar-refractivity contribution < 1.29 is 60.8 Å². The van der Waals surface area contributed by atoms with Crippen LogP contribution < -0.4 is 9.47 Å². The molecule has 0 fully saturated rings. The van der Waals surface area contributed by atoms with E-state index in [1.807, 2.05) is 114 Å². The molecule has 6 aromatic rings. The third kappa shape index (κ3) is 9.14. The van der Waals surface area contributed by atoms with Gasteiger partial charge in [-0.15, -0.1) is 41.0 Å². The second kappa shape index (κ2) is 17.6. The van der Waals surface area contributed by atoms with Gasteiger partial charge in [-0.25, -0.2) is 24.2 Å². The van der Waals surface area contributed by atoms with Crippen LogP contribution in [0.1, 0.15) is 16.7 Å². The van der Waals surface area contributed by atoms with Crippen molar-refractivity contribution in [1.29, 1.82) is 0 Å². The van der Waals surface area contributed by atoms with E-state index in [0.717, 1.165) is 44.8 Å². The summed E-state index contributed by atoms with van der Waals surface area (Å²) in [6.07, 6.45) is 15.6. The van der Waals surface area contributed by atoms with Gasteiger partial charge in [0, 0.05) is 35.4 Å². The molecule has 0 radical (unpaired) electrons. The van der Waals surface area contributed by atoms with Crippen molar-refractivity contribution in [2.45, 2.75) is 20.8 Å². The number of ether oxygens (including phenoxy) is 2. The molecule has 0 bridgehead atoms. The Morgan fingerprint density at radius 1 is 0.780 bits per heavy atom. The summed E-state index contributed by atoms with van der Waals surface area (Å²) < 4.78 is 17.6. The van der Waals surface area contributed by atoms with Crippen LogP contribution in [0.2, 0.25) is 0 Å². The Kier molecular flexibility index (Phi) is 13.3. The van der Waals surface area contributed by atoms with Gasteiger partial charge in [0.25, 0.3) is 6.20 Å². The number of rotatable bonds is 7. The van der Waals surface area contributed by atoms with Gasteiger partial charge < -0.3 is 25.4 Å². The molecule has 2 aromatic heterocycles. The molecule has 0 aliphatic carbocycles. The van der Waals surface area contributed by atoms with E-state index in [1.165, 1.54) is 0 Å². The van der Waals surface area contributed by atoms with Crippen molar-refractivity contribution in [3.63, 3.8) is 0 Å². The zero-order chi connectivity index (χ0) is 33.5. The van der Waals surface area contributed by atoms with Gasteiger partial charge in [-0.1, -0.05) is 65.6 Å². The van der Waals surface area contributed by atoms with Crippen LogP contribution in [-0.2, 0) is 42.1 Å². The number of hydrogen-bond acceptors (Lipinski definition) is 3. The first-order valence-electron chi connectivity index (χ1n) is 15.2. The molecule has 8 heteroatoms. The Hall–Kier alpha value is -5.03. The monoisotopic (exact) mass is 1010 g/mol. The first kappa shape index (κ1) is 37.8. The zero-order valence-electron chi connectivity index (χ0n) is 27.6. The summed E-state index contributed by atoms with van der Waals surface area (Å²) in [4.78, 5) is 4.65. The summed E-state index contributed by atoms with van der Waals surface area (Å²) in [7, 11) is 1.93. The predicted molar refractivity (Wildman–Crippen MR) is 184 cm³/mol. The molecule has 6 nitrogen and oxygen atoms in total. The third-order valence-corrected chi connectivity index (χ3v) is 7.66. The number of para-hydroxylation sites is 1. The Morgan fingerprint density at radius 3 is 2.20 bits per heavy atom. The summed E-state index contributed by atoms with van der Waals surface area (Å²) in [6, 6.07) is 46.6. The van der Waals surface area contributed by atoms with Gasteiger partial charge in [0.15, 0.2) is 7.05 Å². The van der Waals surface area contributed by atoms with Crippen LogP contribution in [0.4, 0.5) is 5.69 Å². The van der Waals surface area contributed by atoms with Gasteiger partial charge in [-0.05, 0) is 12.1 Å². The largest absolute Gasteiger partial charge is 4.00 e. The molecule has 248 valence electrons. The van der Waals surface area contributed by atoms with Crippen molar-refractivity contribution >= 4 is 11.7 Å². The van der Waals surface area contributed by atoms with Crippen LogP contribution in [0.25, 0.3) is 22.4 Å². The zero-order valence-corrected chi connectivity index (χ0v) is 32.2. The molecule has 4 aromatic carbocycles. The summed E-state index contributed by atoms with van der Waals surface area (Å²) >= 11 is 0. The molecule has 3 heterocycles. The van der Waals surface area contributed by atoms with Crippen molar-refractivity contribution in [2.24, 2.45) is 0 Å². The van der Waals surface area contributed by atoms with Crippen LogP contribution in [0.15, 0.2) is 110 Å². The second-order valence-corrected chi connectivity index (χ2v) is 10.9. The summed E-state index contributed by atoms with van der Waals surface area (Å²) in [5.41, 5.74) is 7.40. The number of benzene rings is 4. The number of pyridine rings is 1. The SMILES string of the molecule is Cc1c(Oc2[c-]c([N+]3=C=[N+](C)C=C3)ccc2)[c-]c(-c2cc(-c3[c-]c(Oc4[c-]cccc4)ccc3)[c-]cn2)c(C)c1C.[C-]#Cn1cccc1.[Pt+2].[Pt+4]. The van der Waals surface area contributed by atoms with E-state index in [4.69, 9.17) is 15.9 Å². The minimum Gasteiger partial charge on any atom is -0.669 e. The molecule has 1 aliphatic heterocycles.